The highest BCUT2D eigenvalue weighted by atomic mass is 16.5. The Kier molecular flexibility index (Phi) is 2.54. The topological polar surface area (TPSA) is 39.2 Å². The Morgan fingerprint density at radius 2 is 2.11 bits per heavy atom. The summed E-state index contributed by atoms with van der Waals surface area (Å²) in [7, 11) is 1.66. The Bertz CT molecular complexity index is 646. The van der Waals surface area contributed by atoms with Gasteiger partial charge in [-0.1, -0.05) is 0 Å². The number of benzene rings is 1. The zero-order chi connectivity index (χ0) is 12.7. The standard InChI is InChI=1S/C15H15NO2/c1-9-11-4-3-5-14(17)15(11)16-13-7-6-10(18-2)8-12(9)13/h6-8H,3-5H2,1-2H3. The van der Waals surface area contributed by atoms with Crippen molar-refractivity contribution in [3.63, 3.8) is 0 Å². The van der Waals surface area contributed by atoms with Crippen molar-refractivity contribution in [2.45, 2.75) is 26.2 Å². The van der Waals surface area contributed by atoms with E-state index in [0.29, 0.717) is 12.1 Å². The number of rotatable bonds is 1. The van der Waals surface area contributed by atoms with Gasteiger partial charge in [-0.15, -0.1) is 0 Å². The minimum Gasteiger partial charge on any atom is -0.497 e. The molecule has 0 bridgehead atoms. The molecule has 3 rings (SSSR count). The van der Waals surface area contributed by atoms with Crippen LogP contribution in [0.4, 0.5) is 0 Å². The van der Waals surface area contributed by atoms with Crippen molar-refractivity contribution >= 4 is 16.7 Å². The van der Waals surface area contributed by atoms with Gasteiger partial charge in [0, 0.05) is 11.8 Å². The number of aryl methyl sites for hydroxylation is 1. The van der Waals surface area contributed by atoms with Crippen molar-refractivity contribution in [3.8, 4) is 5.75 Å². The van der Waals surface area contributed by atoms with E-state index in [4.69, 9.17) is 4.74 Å². The molecule has 0 radical (unpaired) electrons. The van der Waals surface area contributed by atoms with Gasteiger partial charge in [0.25, 0.3) is 0 Å². The first kappa shape index (κ1) is 11.2. The molecule has 92 valence electrons. The number of Topliss-reactive ketones (excluding diaryl/α,β-unsaturated/α-hetero) is 1. The molecule has 0 unspecified atom stereocenters. The summed E-state index contributed by atoms with van der Waals surface area (Å²) in [5.41, 5.74) is 3.84. The summed E-state index contributed by atoms with van der Waals surface area (Å²) in [6, 6.07) is 5.80. The molecule has 1 aromatic heterocycles. The number of ketones is 1. The molecule has 0 amide bonds. The summed E-state index contributed by atoms with van der Waals surface area (Å²) >= 11 is 0. The smallest absolute Gasteiger partial charge is 0.181 e. The first-order valence-electron chi connectivity index (χ1n) is 6.21. The molecule has 18 heavy (non-hydrogen) atoms. The first-order valence-corrected chi connectivity index (χ1v) is 6.21. The first-order chi connectivity index (χ1) is 8.70. The van der Waals surface area contributed by atoms with E-state index in [1.165, 1.54) is 5.56 Å². The maximum atomic E-state index is 11.9. The second kappa shape index (κ2) is 4.09. The van der Waals surface area contributed by atoms with Crippen LogP contribution >= 0.6 is 0 Å². The van der Waals surface area contributed by atoms with Crippen LogP contribution in [0.25, 0.3) is 10.9 Å². The molecule has 0 saturated carbocycles. The molecule has 1 aliphatic rings. The van der Waals surface area contributed by atoms with E-state index in [2.05, 4.69) is 11.9 Å². The molecule has 0 atom stereocenters. The van der Waals surface area contributed by atoms with Gasteiger partial charge in [-0.05, 0) is 49.1 Å². The highest BCUT2D eigenvalue weighted by molar-refractivity contribution is 6.00. The van der Waals surface area contributed by atoms with E-state index < -0.39 is 0 Å². The number of methoxy groups -OCH3 is 1. The Labute approximate surface area is 106 Å². The second-order valence-electron chi connectivity index (χ2n) is 4.72. The van der Waals surface area contributed by atoms with Crippen LogP contribution in [0.2, 0.25) is 0 Å². The number of ether oxygens (including phenoxy) is 1. The maximum Gasteiger partial charge on any atom is 0.181 e. The lowest BCUT2D eigenvalue weighted by atomic mass is 9.90. The molecule has 0 spiro atoms. The molecular formula is C15H15NO2. The minimum atomic E-state index is 0.178. The van der Waals surface area contributed by atoms with Gasteiger partial charge in [-0.25, -0.2) is 4.98 Å². The summed E-state index contributed by atoms with van der Waals surface area (Å²) in [6.07, 6.45) is 2.51. The van der Waals surface area contributed by atoms with Crippen LogP contribution in [0.3, 0.4) is 0 Å². The Morgan fingerprint density at radius 3 is 2.89 bits per heavy atom. The molecule has 0 fully saturated rings. The second-order valence-corrected chi connectivity index (χ2v) is 4.72. The Morgan fingerprint density at radius 1 is 1.28 bits per heavy atom. The van der Waals surface area contributed by atoms with Gasteiger partial charge in [0.1, 0.15) is 11.4 Å². The van der Waals surface area contributed by atoms with E-state index >= 15 is 0 Å². The molecule has 1 aliphatic carbocycles. The maximum absolute atomic E-state index is 11.9. The van der Waals surface area contributed by atoms with Crippen LogP contribution in [-0.2, 0) is 6.42 Å². The van der Waals surface area contributed by atoms with Crippen LogP contribution in [0.5, 0.6) is 5.75 Å². The summed E-state index contributed by atoms with van der Waals surface area (Å²) in [4.78, 5) is 16.4. The average Bonchev–Trinajstić information content (AvgIpc) is 2.40. The van der Waals surface area contributed by atoms with E-state index in [0.717, 1.165) is 35.1 Å². The third-order valence-corrected chi connectivity index (χ3v) is 3.67. The molecule has 3 nitrogen and oxygen atoms in total. The van der Waals surface area contributed by atoms with Gasteiger partial charge in [0.05, 0.1) is 12.6 Å². The van der Waals surface area contributed by atoms with E-state index in [1.54, 1.807) is 7.11 Å². The largest absolute Gasteiger partial charge is 0.497 e. The highest BCUT2D eigenvalue weighted by Crippen LogP contribution is 2.30. The van der Waals surface area contributed by atoms with Gasteiger partial charge >= 0.3 is 0 Å². The number of carbonyl (C=O) groups is 1. The Balaban J connectivity index is 2.33. The predicted molar refractivity (Wildman–Crippen MR) is 70.3 cm³/mol. The fourth-order valence-corrected chi connectivity index (χ4v) is 2.65. The van der Waals surface area contributed by atoms with E-state index in [-0.39, 0.29) is 5.78 Å². The number of hydrogen-bond donors (Lipinski definition) is 0. The van der Waals surface area contributed by atoms with Crippen molar-refractivity contribution in [1.82, 2.24) is 4.98 Å². The number of fused-ring (bicyclic) bond motifs is 2. The molecule has 1 aromatic carbocycles. The van der Waals surface area contributed by atoms with Gasteiger partial charge in [0.2, 0.25) is 0 Å². The van der Waals surface area contributed by atoms with Crippen LogP contribution in [0, 0.1) is 6.92 Å². The molecule has 0 aliphatic heterocycles. The van der Waals surface area contributed by atoms with E-state index in [1.807, 2.05) is 18.2 Å². The third-order valence-electron chi connectivity index (χ3n) is 3.67. The molecule has 0 saturated heterocycles. The quantitative estimate of drug-likeness (QED) is 0.770. The van der Waals surface area contributed by atoms with Gasteiger partial charge in [-0.3, -0.25) is 4.79 Å². The van der Waals surface area contributed by atoms with Gasteiger partial charge in [-0.2, -0.15) is 0 Å². The number of carbonyl (C=O) groups excluding carboxylic acids is 1. The molecule has 3 heteroatoms. The van der Waals surface area contributed by atoms with Crippen molar-refractivity contribution < 1.29 is 9.53 Å². The molecular weight excluding hydrogens is 226 g/mol. The fourth-order valence-electron chi connectivity index (χ4n) is 2.65. The van der Waals surface area contributed by atoms with Crippen LogP contribution in [0.1, 0.15) is 34.5 Å². The zero-order valence-electron chi connectivity index (χ0n) is 10.6. The number of nitrogens with zero attached hydrogens (tertiary/aromatic N) is 1. The highest BCUT2D eigenvalue weighted by Gasteiger charge is 2.22. The monoisotopic (exact) mass is 241 g/mol. The molecule has 2 aromatic rings. The van der Waals surface area contributed by atoms with Crippen molar-refractivity contribution in [3.05, 3.63) is 35.0 Å². The van der Waals surface area contributed by atoms with Gasteiger partial charge in [0.15, 0.2) is 5.78 Å². The third kappa shape index (κ3) is 1.58. The fraction of sp³-hybridized carbons (Fsp3) is 0.333. The zero-order valence-corrected chi connectivity index (χ0v) is 10.6. The summed E-state index contributed by atoms with van der Waals surface area (Å²) < 4.78 is 5.25. The Hall–Kier alpha value is -1.90. The number of aromatic nitrogens is 1. The SMILES string of the molecule is COc1ccc2nc3c(c(C)c2c1)CCCC3=O. The summed E-state index contributed by atoms with van der Waals surface area (Å²) in [6.45, 7) is 2.07. The minimum absolute atomic E-state index is 0.178. The number of hydrogen-bond acceptors (Lipinski definition) is 3. The number of pyridine rings is 1. The van der Waals surface area contributed by atoms with Crippen LogP contribution < -0.4 is 4.74 Å². The van der Waals surface area contributed by atoms with Crippen LogP contribution in [0.15, 0.2) is 18.2 Å². The summed E-state index contributed by atoms with van der Waals surface area (Å²) in [5.74, 6) is 1.01. The van der Waals surface area contributed by atoms with Gasteiger partial charge < -0.3 is 4.74 Å². The van der Waals surface area contributed by atoms with Crippen LogP contribution in [-0.4, -0.2) is 17.9 Å². The lowest BCUT2D eigenvalue weighted by Gasteiger charge is -2.18. The van der Waals surface area contributed by atoms with Crippen molar-refractivity contribution in [2.75, 3.05) is 7.11 Å². The van der Waals surface area contributed by atoms with E-state index in [9.17, 15) is 4.79 Å². The average molecular weight is 241 g/mol. The predicted octanol–water partition coefficient (Wildman–Crippen LogP) is 3.07. The lowest BCUT2D eigenvalue weighted by Crippen LogP contribution is -2.14. The van der Waals surface area contributed by atoms with Crippen molar-refractivity contribution in [2.24, 2.45) is 0 Å². The lowest BCUT2D eigenvalue weighted by molar-refractivity contribution is 0.0967. The summed E-state index contributed by atoms with van der Waals surface area (Å²) in [5, 5.41) is 1.09. The normalized spacial score (nSPS) is 14.7. The molecule has 0 N–H and O–H groups in total. The van der Waals surface area contributed by atoms with Crippen molar-refractivity contribution in [1.29, 1.82) is 0 Å². The molecule has 1 heterocycles.